The number of amides is 3. The smallest absolute Gasteiger partial charge is 0.329 e. The van der Waals surface area contributed by atoms with E-state index in [1.807, 2.05) is 20.8 Å². The van der Waals surface area contributed by atoms with Crippen molar-refractivity contribution >= 4 is 23.4 Å². The first-order valence-corrected chi connectivity index (χ1v) is 7.20. The van der Waals surface area contributed by atoms with Crippen LogP contribution in [0.5, 0.6) is 0 Å². The molecule has 0 saturated carbocycles. The van der Waals surface area contributed by atoms with E-state index in [1.54, 1.807) is 6.92 Å². The van der Waals surface area contributed by atoms with Gasteiger partial charge in [-0.3, -0.25) is 14.4 Å². The van der Waals surface area contributed by atoms with Crippen molar-refractivity contribution < 1.29 is 19.1 Å². The molecule has 3 amide bonds. The number of hydrogen-bond acceptors (Lipinski definition) is 5. The normalized spacial score (nSPS) is 16.2. The third kappa shape index (κ3) is 6.66. The molecular weight excluding hydrogens is 288 g/mol. The predicted octanol–water partition coefficient (Wildman–Crippen LogP) is -0.358. The van der Waals surface area contributed by atoms with Gasteiger partial charge in [0.2, 0.25) is 5.91 Å². The van der Waals surface area contributed by atoms with Crippen LogP contribution in [0.4, 0.5) is 0 Å². The lowest BCUT2D eigenvalue weighted by atomic mass is 10.1. The van der Waals surface area contributed by atoms with Crippen molar-refractivity contribution in [1.29, 1.82) is 0 Å². The number of nitrogens with zero attached hydrogens (tertiary/aromatic N) is 2. The molecule has 0 spiro atoms. The highest BCUT2D eigenvalue weighted by Crippen LogP contribution is 2.00. The molecule has 1 heterocycles. The van der Waals surface area contributed by atoms with Gasteiger partial charge in [0.15, 0.2) is 0 Å². The van der Waals surface area contributed by atoms with E-state index in [9.17, 15) is 14.4 Å². The van der Waals surface area contributed by atoms with E-state index < -0.39 is 11.8 Å². The lowest BCUT2D eigenvalue weighted by Crippen LogP contribution is -2.47. The third-order valence-corrected chi connectivity index (χ3v) is 2.77. The van der Waals surface area contributed by atoms with Gasteiger partial charge in [-0.2, -0.15) is 5.10 Å². The quantitative estimate of drug-likeness (QED) is 0.422. The summed E-state index contributed by atoms with van der Waals surface area (Å²) in [7, 11) is 0. The number of morpholine rings is 1. The number of nitrogens with one attached hydrogen (secondary N) is 2. The minimum atomic E-state index is -0.808. The topological polar surface area (TPSA) is 100 Å². The first-order chi connectivity index (χ1) is 10.2. The minimum Gasteiger partial charge on any atom is -0.378 e. The van der Waals surface area contributed by atoms with E-state index in [4.69, 9.17) is 4.74 Å². The Bertz CT molecular complexity index is 462. The van der Waals surface area contributed by atoms with Crippen LogP contribution in [-0.4, -0.2) is 60.2 Å². The second kappa shape index (κ2) is 7.88. The number of hydrogen-bond donors (Lipinski definition) is 2. The zero-order chi connectivity index (χ0) is 16.8. The lowest BCUT2D eigenvalue weighted by molar-refractivity contribution is -0.148. The molecular formula is C14H24N4O4. The zero-order valence-corrected chi connectivity index (χ0v) is 13.6. The van der Waals surface area contributed by atoms with Crippen LogP contribution in [0.3, 0.4) is 0 Å². The van der Waals surface area contributed by atoms with E-state index in [0.717, 1.165) is 0 Å². The fraction of sp³-hybridized carbons (Fsp3) is 0.714. The Morgan fingerprint density at radius 3 is 2.32 bits per heavy atom. The van der Waals surface area contributed by atoms with Gasteiger partial charge in [-0.05, 0) is 27.7 Å². The summed E-state index contributed by atoms with van der Waals surface area (Å²) in [4.78, 5) is 36.7. The summed E-state index contributed by atoms with van der Waals surface area (Å²) < 4.78 is 5.11. The molecule has 8 heteroatoms. The van der Waals surface area contributed by atoms with E-state index in [2.05, 4.69) is 15.8 Å². The van der Waals surface area contributed by atoms with Crippen molar-refractivity contribution in [2.75, 3.05) is 26.3 Å². The van der Waals surface area contributed by atoms with Gasteiger partial charge < -0.3 is 15.0 Å². The van der Waals surface area contributed by atoms with Gasteiger partial charge in [-0.25, -0.2) is 5.43 Å². The molecule has 0 unspecified atom stereocenters. The molecule has 8 nitrogen and oxygen atoms in total. The Morgan fingerprint density at radius 2 is 1.77 bits per heavy atom. The maximum atomic E-state index is 11.8. The highest BCUT2D eigenvalue weighted by atomic mass is 16.5. The average molecular weight is 312 g/mol. The summed E-state index contributed by atoms with van der Waals surface area (Å²) in [6.45, 7) is 8.87. The van der Waals surface area contributed by atoms with Gasteiger partial charge in [0.05, 0.1) is 19.6 Å². The summed E-state index contributed by atoms with van der Waals surface area (Å²) in [5.41, 5.74) is 2.28. The van der Waals surface area contributed by atoms with Gasteiger partial charge in [0.25, 0.3) is 0 Å². The van der Waals surface area contributed by atoms with Crippen LogP contribution < -0.4 is 10.7 Å². The van der Waals surface area contributed by atoms with Crippen molar-refractivity contribution in [3.63, 3.8) is 0 Å². The van der Waals surface area contributed by atoms with Crippen molar-refractivity contribution in [1.82, 2.24) is 15.6 Å². The summed E-state index contributed by atoms with van der Waals surface area (Å²) >= 11 is 0. The fourth-order valence-electron chi connectivity index (χ4n) is 1.84. The van der Waals surface area contributed by atoms with Gasteiger partial charge in [-0.15, -0.1) is 0 Å². The summed E-state index contributed by atoms with van der Waals surface area (Å²) in [6, 6.07) is 0. The number of carbonyl (C=O) groups is 3. The van der Waals surface area contributed by atoms with Crippen LogP contribution in [0.1, 0.15) is 34.1 Å². The Balaban J connectivity index is 2.43. The van der Waals surface area contributed by atoms with Crippen molar-refractivity contribution in [2.24, 2.45) is 5.10 Å². The molecule has 1 aliphatic rings. The van der Waals surface area contributed by atoms with Gasteiger partial charge >= 0.3 is 11.8 Å². The van der Waals surface area contributed by atoms with E-state index in [1.165, 1.54) is 4.90 Å². The summed E-state index contributed by atoms with van der Waals surface area (Å²) in [5.74, 6) is -1.64. The van der Waals surface area contributed by atoms with Crippen LogP contribution in [0, 0.1) is 0 Å². The first-order valence-electron chi connectivity index (χ1n) is 7.20. The van der Waals surface area contributed by atoms with Gasteiger partial charge in [-0.1, -0.05) is 0 Å². The largest absolute Gasteiger partial charge is 0.378 e. The second-order valence-corrected chi connectivity index (χ2v) is 6.17. The number of ether oxygens (including phenoxy) is 1. The lowest BCUT2D eigenvalue weighted by Gasteiger charge is -2.25. The predicted molar refractivity (Wildman–Crippen MR) is 81.2 cm³/mol. The molecule has 22 heavy (non-hydrogen) atoms. The van der Waals surface area contributed by atoms with Crippen LogP contribution >= 0.6 is 0 Å². The first kappa shape index (κ1) is 18.1. The third-order valence-electron chi connectivity index (χ3n) is 2.77. The van der Waals surface area contributed by atoms with Crippen LogP contribution in [0.25, 0.3) is 0 Å². The number of hydrazone groups is 1. The fourth-order valence-corrected chi connectivity index (χ4v) is 1.84. The molecule has 0 aliphatic carbocycles. The molecule has 1 saturated heterocycles. The molecule has 124 valence electrons. The van der Waals surface area contributed by atoms with Crippen molar-refractivity contribution in [3.8, 4) is 0 Å². The summed E-state index contributed by atoms with van der Waals surface area (Å²) in [5, 5.41) is 6.58. The monoisotopic (exact) mass is 312 g/mol. The summed E-state index contributed by atoms with van der Waals surface area (Å²) in [6.07, 6.45) is 0.0588. The molecule has 1 rings (SSSR count). The Hall–Kier alpha value is -1.96. The van der Waals surface area contributed by atoms with E-state index >= 15 is 0 Å². The number of rotatable bonds is 3. The second-order valence-electron chi connectivity index (χ2n) is 6.17. The molecule has 0 aromatic rings. The Labute approximate surface area is 130 Å². The Kier molecular flexibility index (Phi) is 6.48. The molecule has 1 fully saturated rings. The van der Waals surface area contributed by atoms with E-state index in [0.29, 0.717) is 32.0 Å². The molecule has 0 aromatic carbocycles. The van der Waals surface area contributed by atoms with Gasteiger partial charge in [0.1, 0.15) is 0 Å². The molecule has 0 bridgehead atoms. The highest BCUT2D eigenvalue weighted by Gasteiger charge is 2.23. The van der Waals surface area contributed by atoms with Crippen LogP contribution in [-0.2, 0) is 19.1 Å². The van der Waals surface area contributed by atoms with Gasteiger partial charge in [0, 0.05) is 24.3 Å². The SMILES string of the molecule is C/C(CC(=O)NC(C)(C)C)=N\NC(=O)C(=O)N1CCOCC1. The molecule has 1 aliphatic heterocycles. The number of carbonyl (C=O) groups excluding carboxylic acids is 3. The zero-order valence-electron chi connectivity index (χ0n) is 13.6. The maximum Gasteiger partial charge on any atom is 0.329 e. The van der Waals surface area contributed by atoms with Crippen LogP contribution in [0.15, 0.2) is 5.10 Å². The van der Waals surface area contributed by atoms with Crippen molar-refractivity contribution in [2.45, 2.75) is 39.7 Å². The molecule has 2 N–H and O–H groups in total. The molecule has 0 radical (unpaired) electrons. The highest BCUT2D eigenvalue weighted by molar-refractivity contribution is 6.35. The molecule has 0 aromatic heterocycles. The minimum absolute atomic E-state index is 0.0588. The van der Waals surface area contributed by atoms with Crippen LogP contribution in [0.2, 0.25) is 0 Å². The molecule has 0 atom stereocenters. The standard InChI is InChI=1S/C14H24N4O4/c1-10(9-11(19)15-14(2,3)4)16-17-12(20)13(21)18-5-7-22-8-6-18/h5-9H2,1-4H3,(H,15,19)(H,17,20)/b16-10+. The van der Waals surface area contributed by atoms with E-state index in [-0.39, 0.29) is 17.9 Å². The maximum absolute atomic E-state index is 11.8. The van der Waals surface area contributed by atoms with Crippen molar-refractivity contribution in [3.05, 3.63) is 0 Å². The average Bonchev–Trinajstić information content (AvgIpc) is 2.42. The Morgan fingerprint density at radius 1 is 1.18 bits per heavy atom.